The lowest BCUT2D eigenvalue weighted by Gasteiger charge is -2.25. The minimum atomic E-state index is -1.42. The van der Waals surface area contributed by atoms with Crippen molar-refractivity contribution in [3.05, 3.63) is 65.9 Å². The minimum absolute atomic E-state index is 0.00663. The zero-order chi connectivity index (χ0) is 34.0. The Hall–Kier alpha value is -5.44. The van der Waals surface area contributed by atoms with Crippen molar-refractivity contribution in [1.29, 1.82) is 0 Å². The van der Waals surface area contributed by atoms with Crippen LogP contribution >= 0.6 is 0 Å². The molecule has 46 heavy (non-hydrogen) atoms. The van der Waals surface area contributed by atoms with Gasteiger partial charge in [0.2, 0.25) is 29.5 Å². The van der Waals surface area contributed by atoms with Crippen molar-refractivity contribution in [1.82, 2.24) is 26.3 Å². The maximum atomic E-state index is 13.7. The van der Waals surface area contributed by atoms with Gasteiger partial charge in [-0.15, -0.1) is 0 Å². The Bertz CT molecular complexity index is 1570. The van der Waals surface area contributed by atoms with Crippen LogP contribution in [0.5, 0.6) is 5.75 Å². The quantitative estimate of drug-likeness (QED) is 0.0962. The molecule has 0 fully saturated rings. The monoisotopic (exact) mass is 637 g/mol. The molecule has 0 aliphatic carbocycles. The fourth-order valence-corrected chi connectivity index (χ4v) is 4.60. The highest BCUT2D eigenvalue weighted by molar-refractivity contribution is 5.96. The Kier molecular flexibility index (Phi) is 12.2. The predicted octanol–water partition coefficient (Wildman–Crippen LogP) is -0.685. The average Bonchev–Trinajstić information content (AvgIpc) is 3.41. The zero-order valence-electron chi connectivity index (χ0n) is 25.4. The maximum Gasteiger partial charge on any atom is 0.326 e. The number of aromatic amines is 1. The van der Waals surface area contributed by atoms with Gasteiger partial charge in [-0.25, -0.2) is 4.79 Å². The first-order valence-corrected chi connectivity index (χ1v) is 14.6. The number of amides is 5. The SMILES string of the molecule is C[C@H](N)C(=O)N[C@@H](Cc1ccc(O)cc1)C(=O)N[C@@H](Cc1c[nH]c2ccccc12)C(=O)N[C@@H](C)C(=O)N[C@@H](CCC(N)=O)C(=O)O. The summed E-state index contributed by atoms with van der Waals surface area (Å²) < 4.78 is 0. The first-order chi connectivity index (χ1) is 21.7. The van der Waals surface area contributed by atoms with Gasteiger partial charge in [0.25, 0.3) is 0 Å². The van der Waals surface area contributed by atoms with Gasteiger partial charge < -0.3 is 47.9 Å². The van der Waals surface area contributed by atoms with Crippen LogP contribution in [0.15, 0.2) is 54.7 Å². The Morgan fingerprint density at radius 2 is 1.37 bits per heavy atom. The first-order valence-electron chi connectivity index (χ1n) is 14.6. The van der Waals surface area contributed by atoms with Gasteiger partial charge in [-0.05, 0) is 49.6 Å². The number of fused-ring (bicyclic) bond motifs is 1. The van der Waals surface area contributed by atoms with Crippen LogP contribution in [0.4, 0.5) is 0 Å². The summed E-state index contributed by atoms with van der Waals surface area (Å²) in [5.74, 6) is -5.02. The second-order valence-corrected chi connectivity index (χ2v) is 11.0. The lowest BCUT2D eigenvalue weighted by Crippen LogP contribution is -2.58. The zero-order valence-corrected chi connectivity index (χ0v) is 25.4. The summed E-state index contributed by atoms with van der Waals surface area (Å²) in [6.07, 6.45) is 1.16. The fraction of sp³-hybridized carbons (Fsp3) is 0.355. The molecule has 0 radical (unpaired) electrons. The number of aromatic nitrogens is 1. The summed E-state index contributed by atoms with van der Waals surface area (Å²) in [4.78, 5) is 78.4. The largest absolute Gasteiger partial charge is 0.508 e. The number of carbonyl (C=O) groups excluding carboxylic acids is 5. The number of hydrogen-bond acceptors (Lipinski definition) is 8. The molecule has 3 rings (SSSR count). The Labute approximate surface area is 264 Å². The van der Waals surface area contributed by atoms with Crippen LogP contribution in [-0.2, 0) is 41.6 Å². The Morgan fingerprint density at radius 3 is 2.00 bits per heavy atom. The number of carboxylic acids is 1. The first kappa shape index (κ1) is 35.0. The number of aliphatic carboxylic acids is 1. The molecule has 5 amide bonds. The van der Waals surface area contributed by atoms with E-state index in [-0.39, 0.29) is 31.4 Å². The van der Waals surface area contributed by atoms with E-state index in [0.717, 1.165) is 10.9 Å². The molecule has 3 aromatic rings. The maximum absolute atomic E-state index is 13.7. The molecular formula is C31H39N7O8. The topological polar surface area (TPSA) is 259 Å². The number of carboxylic acid groups (broad SMARTS) is 1. The van der Waals surface area contributed by atoms with Gasteiger partial charge in [0.15, 0.2) is 0 Å². The van der Waals surface area contributed by atoms with Gasteiger partial charge in [0.05, 0.1) is 6.04 Å². The number of nitrogens with two attached hydrogens (primary N) is 2. The summed E-state index contributed by atoms with van der Waals surface area (Å²) in [6.45, 7) is 2.79. The van der Waals surface area contributed by atoms with Crippen molar-refractivity contribution in [2.75, 3.05) is 0 Å². The van der Waals surface area contributed by atoms with E-state index < -0.39 is 65.7 Å². The number of para-hydroxylation sites is 1. The molecule has 0 unspecified atom stereocenters. The molecular weight excluding hydrogens is 598 g/mol. The lowest BCUT2D eigenvalue weighted by molar-refractivity contribution is -0.142. The number of primary amides is 1. The van der Waals surface area contributed by atoms with Crippen molar-refractivity contribution < 1.29 is 39.0 Å². The van der Waals surface area contributed by atoms with Gasteiger partial charge in [-0.3, -0.25) is 24.0 Å². The minimum Gasteiger partial charge on any atom is -0.508 e. The van der Waals surface area contributed by atoms with Crippen LogP contribution in [0.2, 0.25) is 0 Å². The van der Waals surface area contributed by atoms with E-state index in [0.29, 0.717) is 11.1 Å². The number of carbonyl (C=O) groups is 6. The van der Waals surface area contributed by atoms with E-state index in [1.54, 1.807) is 18.3 Å². The van der Waals surface area contributed by atoms with Crippen LogP contribution in [0.25, 0.3) is 10.9 Å². The number of phenols is 1. The van der Waals surface area contributed by atoms with E-state index >= 15 is 0 Å². The Balaban J connectivity index is 1.84. The summed E-state index contributed by atoms with van der Waals surface area (Å²) in [5.41, 5.74) is 12.9. The smallest absolute Gasteiger partial charge is 0.326 e. The molecule has 15 nitrogen and oxygen atoms in total. The summed E-state index contributed by atoms with van der Waals surface area (Å²) in [5, 5.41) is 29.9. The molecule has 5 atom stereocenters. The molecule has 2 aromatic carbocycles. The predicted molar refractivity (Wildman–Crippen MR) is 167 cm³/mol. The van der Waals surface area contributed by atoms with Crippen molar-refractivity contribution in [3.8, 4) is 5.75 Å². The molecule has 11 N–H and O–H groups in total. The summed E-state index contributed by atoms with van der Waals surface area (Å²) >= 11 is 0. The van der Waals surface area contributed by atoms with E-state index in [9.17, 15) is 39.0 Å². The van der Waals surface area contributed by atoms with Crippen LogP contribution in [0, 0.1) is 0 Å². The molecule has 0 aliphatic rings. The summed E-state index contributed by atoms with van der Waals surface area (Å²) in [7, 11) is 0. The third-order valence-electron chi connectivity index (χ3n) is 7.20. The van der Waals surface area contributed by atoms with Gasteiger partial charge in [-0.2, -0.15) is 0 Å². The van der Waals surface area contributed by atoms with Crippen molar-refractivity contribution in [2.45, 2.75) is 69.7 Å². The fourth-order valence-electron chi connectivity index (χ4n) is 4.60. The number of nitrogens with one attached hydrogen (secondary N) is 5. The third-order valence-corrected chi connectivity index (χ3v) is 7.20. The molecule has 0 saturated carbocycles. The van der Waals surface area contributed by atoms with Crippen LogP contribution in [-0.4, -0.2) is 80.9 Å². The van der Waals surface area contributed by atoms with Crippen molar-refractivity contribution in [2.24, 2.45) is 11.5 Å². The van der Waals surface area contributed by atoms with Crippen LogP contribution < -0.4 is 32.7 Å². The molecule has 0 saturated heterocycles. The number of H-pyrrole nitrogens is 1. The van der Waals surface area contributed by atoms with Gasteiger partial charge in [-0.1, -0.05) is 30.3 Å². The highest BCUT2D eigenvalue weighted by atomic mass is 16.4. The number of benzene rings is 2. The molecule has 246 valence electrons. The second-order valence-electron chi connectivity index (χ2n) is 11.0. The lowest BCUT2D eigenvalue weighted by atomic mass is 10.0. The highest BCUT2D eigenvalue weighted by Gasteiger charge is 2.31. The Morgan fingerprint density at radius 1 is 0.783 bits per heavy atom. The van der Waals surface area contributed by atoms with E-state index in [2.05, 4.69) is 26.3 Å². The van der Waals surface area contributed by atoms with Gasteiger partial charge in [0, 0.05) is 36.4 Å². The van der Waals surface area contributed by atoms with E-state index in [1.807, 2.05) is 24.3 Å². The number of phenolic OH excluding ortho intramolecular Hbond substituents is 1. The molecule has 1 aromatic heterocycles. The van der Waals surface area contributed by atoms with Crippen LogP contribution in [0.1, 0.15) is 37.8 Å². The average molecular weight is 638 g/mol. The van der Waals surface area contributed by atoms with Crippen LogP contribution in [0.3, 0.4) is 0 Å². The number of rotatable bonds is 16. The van der Waals surface area contributed by atoms with E-state index in [1.165, 1.54) is 26.0 Å². The molecule has 0 bridgehead atoms. The molecule has 0 aliphatic heterocycles. The molecule has 15 heteroatoms. The number of aromatic hydroxyl groups is 1. The molecule has 1 heterocycles. The second kappa shape index (κ2) is 16.0. The normalized spacial score (nSPS) is 14.2. The van der Waals surface area contributed by atoms with Gasteiger partial charge >= 0.3 is 5.97 Å². The van der Waals surface area contributed by atoms with Crippen molar-refractivity contribution in [3.63, 3.8) is 0 Å². The third kappa shape index (κ3) is 10.1. The standard InChI is InChI=1S/C31H39N7O8/c1-16(32)27(41)37-24(13-18-7-9-20(39)10-8-18)30(44)38-25(14-19-15-34-22-6-4-3-5-21(19)22)29(43)35-17(2)28(42)36-23(31(45)46)11-12-26(33)40/h3-10,15-17,23-25,34,39H,11-14,32H2,1-2H3,(H2,33,40)(H,35,43)(H,36,42)(H,37,41)(H,38,44)(H,45,46)/t16-,17-,23-,24-,25-/m0/s1. The van der Waals surface area contributed by atoms with Crippen molar-refractivity contribution >= 4 is 46.4 Å². The van der Waals surface area contributed by atoms with Gasteiger partial charge in [0.1, 0.15) is 29.9 Å². The van der Waals surface area contributed by atoms with E-state index in [4.69, 9.17) is 11.5 Å². The number of hydrogen-bond donors (Lipinski definition) is 9. The molecule has 0 spiro atoms. The highest BCUT2D eigenvalue weighted by Crippen LogP contribution is 2.19. The summed E-state index contributed by atoms with van der Waals surface area (Å²) in [6, 6.07) is 7.34.